The zero-order valence-electron chi connectivity index (χ0n) is 13.5. The van der Waals surface area contributed by atoms with Crippen LogP contribution in [0.15, 0.2) is 75.0 Å². The molecule has 5 aromatic rings. The second-order valence-corrected chi connectivity index (χ2v) is 6.28. The lowest BCUT2D eigenvalue weighted by molar-refractivity contribution is 1.42. The Hall–Kier alpha value is -3.73. The van der Waals surface area contributed by atoms with Gasteiger partial charge in [-0.3, -0.25) is 14.4 Å². The topological polar surface area (TPSA) is 82.8 Å². The molecule has 0 unspecified atom stereocenters. The number of nitrogens with one attached hydrogen (secondary N) is 2. The number of aromatic nitrogens is 2. The van der Waals surface area contributed by atoms with Crippen LogP contribution in [0.1, 0.15) is 0 Å². The van der Waals surface area contributed by atoms with Gasteiger partial charge in [-0.1, -0.05) is 36.4 Å². The molecule has 5 nitrogen and oxygen atoms in total. The second-order valence-electron chi connectivity index (χ2n) is 6.28. The van der Waals surface area contributed by atoms with Crippen LogP contribution in [-0.2, 0) is 0 Å². The first-order valence-electron chi connectivity index (χ1n) is 8.17. The van der Waals surface area contributed by atoms with Crippen LogP contribution in [0, 0.1) is 0 Å². The van der Waals surface area contributed by atoms with Crippen molar-refractivity contribution in [1.82, 2.24) is 9.97 Å². The van der Waals surface area contributed by atoms with E-state index in [0.717, 1.165) is 21.8 Å². The van der Waals surface area contributed by atoms with Gasteiger partial charge in [0, 0.05) is 21.8 Å². The third kappa shape index (κ3) is 1.94. The van der Waals surface area contributed by atoms with E-state index >= 15 is 0 Å². The van der Waals surface area contributed by atoms with E-state index in [0.29, 0.717) is 11.4 Å². The minimum absolute atomic E-state index is 0.128. The fraction of sp³-hybridized carbons (Fsp3) is 0. The number of H-pyrrole nitrogens is 2. The highest BCUT2D eigenvalue weighted by molar-refractivity contribution is 5.93. The molecule has 2 heterocycles. The fourth-order valence-electron chi connectivity index (χ4n) is 3.49. The number of benzene rings is 2. The molecule has 0 saturated heterocycles. The fourth-order valence-corrected chi connectivity index (χ4v) is 3.49. The number of hydrogen-bond acceptors (Lipinski definition) is 3. The average Bonchev–Trinajstić information content (AvgIpc) is 3.32. The maximum absolute atomic E-state index is 12.5. The molecule has 5 heteroatoms. The molecule has 0 aliphatic rings. The van der Waals surface area contributed by atoms with Gasteiger partial charge in [-0.2, -0.15) is 0 Å². The van der Waals surface area contributed by atoms with Gasteiger partial charge >= 0.3 is 0 Å². The summed E-state index contributed by atoms with van der Waals surface area (Å²) in [5.74, 6) is 0. The van der Waals surface area contributed by atoms with Crippen LogP contribution in [-0.4, -0.2) is 9.97 Å². The Kier molecular flexibility index (Phi) is 2.88. The van der Waals surface area contributed by atoms with Gasteiger partial charge in [-0.25, -0.2) is 0 Å². The largest absolute Gasteiger partial charge is 0.354 e. The Bertz CT molecular complexity index is 1270. The van der Waals surface area contributed by atoms with E-state index in [4.69, 9.17) is 0 Å². The van der Waals surface area contributed by atoms with Crippen molar-refractivity contribution in [2.75, 3.05) is 0 Å². The van der Waals surface area contributed by atoms with Crippen molar-refractivity contribution in [1.29, 1.82) is 0 Å². The SMILES string of the molecule is O=c1c(-c2cc3ccccc3[nH]2)c(-c2cc3ccccc3[nH]2)c(=O)c1=O. The van der Waals surface area contributed by atoms with Crippen LogP contribution >= 0.6 is 0 Å². The number of aromatic amines is 2. The smallest absolute Gasteiger partial charge is 0.274 e. The average molecular weight is 340 g/mol. The predicted octanol–water partition coefficient (Wildman–Crippen LogP) is 2.94. The molecule has 0 aliphatic heterocycles. The Balaban J connectivity index is 1.86. The summed E-state index contributed by atoms with van der Waals surface area (Å²) in [6.07, 6.45) is 0. The standard InChI is InChI=1S/C21H12N2O3/c24-19-17(15-9-11-5-1-3-7-13(11)22-15)18(20(25)21(19)26)16-10-12-6-2-4-8-14(12)23-16/h1-10,22-23H. The molecule has 2 N–H and O–H groups in total. The summed E-state index contributed by atoms with van der Waals surface area (Å²) < 4.78 is 0. The molecule has 0 spiro atoms. The Labute approximate surface area is 146 Å². The lowest BCUT2D eigenvalue weighted by Crippen LogP contribution is -2.30. The minimum Gasteiger partial charge on any atom is -0.354 e. The number of fused-ring (bicyclic) bond motifs is 2. The maximum atomic E-state index is 12.5. The molecule has 0 bridgehead atoms. The molecule has 3 aromatic carbocycles. The summed E-state index contributed by atoms with van der Waals surface area (Å²) in [5.41, 5.74) is 0.354. The van der Waals surface area contributed by atoms with Crippen molar-refractivity contribution >= 4 is 21.8 Å². The molecule has 0 radical (unpaired) electrons. The van der Waals surface area contributed by atoms with Crippen LogP contribution in [0.3, 0.4) is 0 Å². The summed E-state index contributed by atoms with van der Waals surface area (Å²) >= 11 is 0. The monoisotopic (exact) mass is 340 g/mol. The Morgan fingerprint density at radius 1 is 0.538 bits per heavy atom. The first-order chi connectivity index (χ1) is 12.6. The summed E-state index contributed by atoms with van der Waals surface area (Å²) in [5, 5.41) is 1.82. The predicted molar refractivity (Wildman–Crippen MR) is 102 cm³/mol. The van der Waals surface area contributed by atoms with Crippen molar-refractivity contribution in [2.45, 2.75) is 0 Å². The summed E-state index contributed by atoms with van der Waals surface area (Å²) in [4.78, 5) is 43.5. The highest BCUT2D eigenvalue weighted by Crippen LogP contribution is 2.30. The van der Waals surface area contributed by atoms with E-state index in [2.05, 4.69) is 9.97 Å². The summed E-state index contributed by atoms with van der Waals surface area (Å²) in [7, 11) is 0. The van der Waals surface area contributed by atoms with Crippen molar-refractivity contribution in [3.05, 3.63) is 91.3 Å². The normalized spacial score (nSPS) is 11.5. The van der Waals surface area contributed by atoms with Crippen molar-refractivity contribution in [3.63, 3.8) is 0 Å². The first kappa shape index (κ1) is 14.6. The van der Waals surface area contributed by atoms with Gasteiger partial charge < -0.3 is 9.97 Å². The van der Waals surface area contributed by atoms with Crippen molar-refractivity contribution < 1.29 is 0 Å². The van der Waals surface area contributed by atoms with E-state index in [1.54, 1.807) is 12.1 Å². The van der Waals surface area contributed by atoms with Gasteiger partial charge in [0.2, 0.25) is 10.9 Å². The van der Waals surface area contributed by atoms with E-state index < -0.39 is 16.3 Å². The van der Waals surface area contributed by atoms with Gasteiger partial charge in [0.05, 0.1) is 22.5 Å². The quantitative estimate of drug-likeness (QED) is 0.485. The van der Waals surface area contributed by atoms with E-state index in [1.165, 1.54) is 0 Å². The highest BCUT2D eigenvalue weighted by atomic mass is 16.2. The lowest BCUT2D eigenvalue weighted by atomic mass is 10.1. The lowest BCUT2D eigenvalue weighted by Gasteiger charge is -1.98. The van der Waals surface area contributed by atoms with Gasteiger partial charge in [0.15, 0.2) is 0 Å². The summed E-state index contributed by atoms with van der Waals surface area (Å²) in [6.45, 7) is 0. The van der Waals surface area contributed by atoms with Gasteiger partial charge in [-0.05, 0) is 24.3 Å². The molecule has 0 atom stereocenters. The summed E-state index contributed by atoms with van der Waals surface area (Å²) in [6, 6.07) is 18.7. The molecule has 0 aliphatic carbocycles. The Morgan fingerprint density at radius 2 is 0.962 bits per heavy atom. The van der Waals surface area contributed by atoms with Crippen molar-refractivity contribution in [3.8, 4) is 22.5 Å². The Morgan fingerprint density at radius 3 is 1.38 bits per heavy atom. The molecular formula is C21H12N2O3. The third-order valence-corrected chi connectivity index (χ3v) is 4.72. The van der Waals surface area contributed by atoms with Crippen LogP contribution in [0.2, 0.25) is 0 Å². The number of rotatable bonds is 2. The minimum atomic E-state index is -0.993. The van der Waals surface area contributed by atoms with Crippen LogP contribution in [0.4, 0.5) is 0 Å². The molecule has 26 heavy (non-hydrogen) atoms. The molecule has 0 fully saturated rings. The zero-order valence-corrected chi connectivity index (χ0v) is 13.5. The molecule has 0 amide bonds. The highest BCUT2D eigenvalue weighted by Gasteiger charge is 2.24. The van der Waals surface area contributed by atoms with Gasteiger partial charge in [0.1, 0.15) is 0 Å². The van der Waals surface area contributed by atoms with E-state index in [-0.39, 0.29) is 11.1 Å². The number of para-hydroxylation sites is 2. The van der Waals surface area contributed by atoms with Crippen LogP contribution in [0.25, 0.3) is 44.3 Å². The van der Waals surface area contributed by atoms with Crippen molar-refractivity contribution in [2.24, 2.45) is 0 Å². The van der Waals surface area contributed by atoms with E-state index in [9.17, 15) is 14.4 Å². The molecule has 0 saturated carbocycles. The van der Waals surface area contributed by atoms with Gasteiger partial charge in [0.25, 0.3) is 5.43 Å². The molecule has 2 aromatic heterocycles. The van der Waals surface area contributed by atoms with Crippen LogP contribution in [0.5, 0.6) is 0 Å². The number of hydrogen-bond donors (Lipinski definition) is 2. The maximum Gasteiger partial charge on any atom is 0.274 e. The molecular weight excluding hydrogens is 328 g/mol. The second kappa shape index (κ2) is 5.13. The van der Waals surface area contributed by atoms with Crippen LogP contribution < -0.4 is 16.3 Å². The molecule has 124 valence electrons. The third-order valence-electron chi connectivity index (χ3n) is 4.72. The zero-order chi connectivity index (χ0) is 17.8. The first-order valence-corrected chi connectivity index (χ1v) is 8.17. The molecule has 5 rings (SSSR count). The van der Waals surface area contributed by atoms with E-state index in [1.807, 2.05) is 48.5 Å². The van der Waals surface area contributed by atoms with Gasteiger partial charge in [-0.15, -0.1) is 0 Å².